The van der Waals surface area contributed by atoms with E-state index in [0.29, 0.717) is 17.8 Å². The van der Waals surface area contributed by atoms with Gasteiger partial charge in [-0.1, -0.05) is 92.2 Å². The number of nitrogens with zero attached hydrogens (tertiary/aromatic N) is 2. The van der Waals surface area contributed by atoms with Crippen LogP contribution in [0.25, 0.3) is 0 Å². The number of hydrogen-bond acceptors (Lipinski definition) is 2. The van der Waals surface area contributed by atoms with Crippen molar-refractivity contribution >= 4 is 5.91 Å². The second kappa shape index (κ2) is 10.8. The lowest BCUT2D eigenvalue weighted by molar-refractivity contribution is 0.0703. The van der Waals surface area contributed by atoms with E-state index in [1.165, 1.54) is 16.7 Å². The molecule has 1 aliphatic heterocycles. The number of aryl methyl sites for hydroxylation is 1. The number of rotatable bonds is 8. The summed E-state index contributed by atoms with van der Waals surface area (Å²) in [5.74, 6) is 1.41. The van der Waals surface area contributed by atoms with Crippen LogP contribution in [0.5, 0.6) is 0 Å². The van der Waals surface area contributed by atoms with E-state index in [1.807, 2.05) is 24.3 Å². The van der Waals surface area contributed by atoms with Crippen molar-refractivity contribution < 1.29 is 4.79 Å². The first-order valence-corrected chi connectivity index (χ1v) is 12.2. The smallest absolute Gasteiger partial charge is 0.253 e. The molecule has 1 aliphatic rings. The Morgan fingerprint density at radius 2 is 1.55 bits per heavy atom. The zero-order valence-electron chi connectivity index (χ0n) is 20.2. The van der Waals surface area contributed by atoms with Gasteiger partial charge in [-0.3, -0.25) is 9.69 Å². The molecule has 1 heterocycles. The summed E-state index contributed by atoms with van der Waals surface area (Å²) in [5, 5.41) is 0. The van der Waals surface area contributed by atoms with E-state index in [1.54, 1.807) is 0 Å². The van der Waals surface area contributed by atoms with Gasteiger partial charge in [0.05, 0.1) is 0 Å². The number of likely N-dealkylation sites (tertiary alicyclic amines) is 1. The van der Waals surface area contributed by atoms with E-state index in [2.05, 4.69) is 91.2 Å². The molecule has 0 aromatic heterocycles. The van der Waals surface area contributed by atoms with Gasteiger partial charge < -0.3 is 4.90 Å². The second-order valence-corrected chi connectivity index (χ2v) is 9.93. The Morgan fingerprint density at radius 1 is 0.909 bits per heavy atom. The van der Waals surface area contributed by atoms with Crippen LogP contribution in [0.1, 0.15) is 46.8 Å². The SMILES string of the molecule is Cc1ccc(C(=O)N(CC(C)C)CC2CN(Cc3ccccc3)CC2c2ccccc2)cc1. The molecule has 3 nitrogen and oxygen atoms in total. The third-order valence-electron chi connectivity index (χ3n) is 6.62. The van der Waals surface area contributed by atoms with E-state index >= 15 is 0 Å². The van der Waals surface area contributed by atoms with Crippen LogP contribution in [0.3, 0.4) is 0 Å². The van der Waals surface area contributed by atoms with Gasteiger partial charge in [-0.25, -0.2) is 0 Å². The third kappa shape index (κ3) is 6.11. The molecule has 2 atom stereocenters. The summed E-state index contributed by atoms with van der Waals surface area (Å²) in [6.07, 6.45) is 0. The largest absolute Gasteiger partial charge is 0.338 e. The maximum Gasteiger partial charge on any atom is 0.253 e. The lowest BCUT2D eigenvalue weighted by atomic mass is 9.88. The Labute approximate surface area is 199 Å². The van der Waals surface area contributed by atoms with Crippen LogP contribution in [-0.4, -0.2) is 41.9 Å². The average molecular weight is 441 g/mol. The van der Waals surface area contributed by atoms with Crippen molar-refractivity contribution in [2.45, 2.75) is 33.2 Å². The fourth-order valence-electron chi connectivity index (χ4n) is 5.04. The topological polar surface area (TPSA) is 23.6 Å². The molecule has 3 aromatic rings. The Bertz CT molecular complexity index is 1010. The van der Waals surface area contributed by atoms with E-state index in [-0.39, 0.29) is 5.91 Å². The number of amides is 1. The van der Waals surface area contributed by atoms with Crippen LogP contribution in [0.15, 0.2) is 84.9 Å². The van der Waals surface area contributed by atoms with Crippen LogP contribution in [-0.2, 0) is 6.54 Å². The highest BCUT2D eigenvalue weighted by molar-refractivity contribution is 5.94. The van der Waals surface area contributed by atoms with E-state index in [4.69, 9.17) is 0 Å². The van der Waals surface area contributed by atoms with E-state index < -0.39 is 0 Å². The summed E-state index contributed by atoms with van der Waals surface area (Å²) in [6, 6.07) is 29.6. The highest BCUT2D eigenvalue weighted by atomic mass is 16.2. The van der Waals surface area contributed by atoms with Crippen LogP contribution in [0.4, 0.5) is 0 Å². The zero-order valence-corrected chi connectivity index (χ0v) is 20.2. The van der Waals surface area contributed by atoms with Crippen molar-refractivity contribution in [1.29, 1.82) is 0 Å². The molecule has 0 N–H and O–H groups in total. The van der Waals surface area contributed by atoms with Crippen molar-refractivity contribution in [2.24, 2.45) is 11.8 Å². The molecule has 1 saturated heterocycles. The van der Waals surface area contributed by atoms with Crippen LogP contribution in [0.2, 0.25) is 0 Å². The van der Waals surface area contributed by atoms with Crippen molar-refractivity contribution in [3.05, 3.63) is 107 Å². The van der Waals surface area contributed by atoms with Gasteiger partial charge in [0.25, 0.3) is 5.91 Å². The maximum atomic E-state index is 13.5. The second-order valence-electron chi connectivity index (χ2n) is 9.93. The lowest BCUT2D eigenvalue weighted by Crippen LogP contribution is -2.39. The molecule has 1 fully saturated rings. The minimum absolute atomic E-state index is 0.150. The van der Waals surface area contributed by atoms with Crippen LogP contribution in [0, 0.1) is 18.8 Å². The molecule has 3 aromatic carbocycles. The molecule has 0 bridgehead atoms. The molecule has 4 rings (SSSR count). The molecule has 0 spiro atoms. The Kier molecular flexibility index (Phi) is 7.61. The van der Waals surface area contributed by atoms with Crippen molar-refractivity contribution in [3.8, 4) is 0 Å². The van der Waals surface area contributed by atoms with Gasteiger partial charge in [0.1, 0.15) is 0 Å². The Hall–Kier alpha value is -2.91. The number of hydrogen-bond donors (Lipinski definition) is 0. The van der Waals surface area contributed by atoms with Crippen LogP contribution < -0.4 is 0 Å². The molecule has 0 aliphatic carbocycles. The zero-order chi connectivity index (χ0) is 23.2. The quantitative estimate of drug-likeness (QED) is 0.428. The summed E-state index contributed by atoms with van der Waals surface area (Å²) in [7, 11) is 0. The Morgan fingerprint density at radius 3 is 2.18 bits per heavy atom. The number of benzene rings is 3. The molecule has 172 valence electrons. The number of carbonyl (C=O) groups is 1. The molecule has 0 radical (unpaired) electrons. The highest BCUT2D eigenvalue weighted by Gasteiger charge is 2.36. The van der Waals surface area contributed by atoms with Gasteiger partial charge in [-0.2, -0.15) is 0 Å². The van der Waals surface area contributed by atoms with Gasteiger partial charge in [0, 0.05) is 44.2 Å². The Balaban J connectivity index is 1.56. The number of carbonyl (C=O) groups excluding carboxylic acids is 1. The van der Waals surface area contributed by atoms with Gasteiger partial charge >= 0.3 is 0 Å². The van der Waals surface area contributed by atoms with Gasteiger partial charge in [-0.05, 0) is 42.0 Å². The van der Waals surface area contributed by atoms with Crippen molar-refractivity contribution in [1.82, 2.24) is 9.80 Å². The van der Waals surface area contributed by atoms with Gasteiger partial charge in [0.2, 0.25) is 0 Å². The predicted molar refractivity (Wildman–Crippen MR) is 136 cm³/mol. The minimum Gasteiger partial charge on any atom is -0.338 e. The summed E-state index contributed by atoms with van der Waals surface area (Å²) < 4.78 is 0. The fourth-order valence-corrected chi connectivity index (χ4v) is 5.04. The van der Waals surface area contributed by atoms with Gasteiger partial charge in [-0.15, -0.1) is 0 Å². The summed E-state index contributed by atoms with van der Waals surface area (Å²) in [4.78, 5) is 18.2. The van der Waals surface area contributed by atoms with Crippen molar-refractivity contribution in [3.63, 3.8) is 0 Å². The minimum atomic E-state index is 0.150. The van der Waals surface area contributed by atoms with Gasteiger partial charge in [0.15, 0.2) is 0 Å². The molecular formula is C30H36N2O. The first-order valence-electron chi connectivity index (χ1n) is 12.2. The fraction of sp³-hybridized carbons (Fsp3) is 0.367. The molecule has 3 heteroatoms. The summed E-state index contributed by atoms with van der Waals surface area (Å²) >= 11 is 0. The van der Waals surface area contributed by atoms with E-state index in [9.17, 15) is 4.79 Å². The molecular weight excluding hydrogens is 404 g/mol. The first-order chi connectivity index (χ1) is 16.0. The van der Waals surface area contributed by atoms with E-state index in [0.717, 1.165) is 38.3 Å². The molecule has 1 amide bonds. The third-order valence-corrected chi connectivity index (χ3v) is 6.62. The standard InChI is InChI=1S/C30H36N2O/c1-23(2)18-32(30(33)27-16-14-24(3)15-17-27)21-28-20-31(19-25-10-6-4-7-11-25)22-29(28)26-12-8-5-9-13-26/h4-17,23,28-29H,18-22H2,1-3H3. The molecule has 0 saturated carbocycles. The monoisotopic (exact) mass is 440 g/mol. The van der Waals surface area contributed by atoms with Crippen molar-refractivity contribution in [2.75, 3.05) is 26.2 Å². The lowest BCUT2D eigenvalue weighted by Gasteiger charge is -2.30. The summed E-state index contributed by atoms with van der Waals surface area (Å²) in [6.45, 7) is 11.0. The first kappa shape index (κ1) is 23.3. The summed E-state index contributed by atoms with van der Waals surface area (Å²) in [5.41, 5.74) is 4.69. The normalized spacial score (nSPS) is 18.5. The maximum absolute atomic E-state index is 13.5. The predicted octanol–water partition coefficient (Wildman–Crippen LogP) is 6.01. The molecule has 33 heavy (non-hydrogen) atoms. The molecule has 2 unspecified atom stereocenters. The highest BCUT2D eigenvalue weighted by Crippen LogP contribution is 2.34. The average Bonchev–Trinajstić information content (AvgIpc) is 3.21. The van der Waals surface area contributed by atoms with Crippen LogP contribution >= 0.6 is 0 Å².